The van der Waals surface area contributed by atoms with Crippen LogP contribution in [-0.4, -0.2) is 30.6 Å². The van der Waals surface area contributed by atoms with Gasteiger partial charge in [-0.15, -0.1) is 0 Å². The Morgan fingerprint density at radius 3 is 2.15 bits per heavy atom. The number of hydrogen-bond acceptors (Lipinski definition) is 6. The zero-order valence-corrected chi connectivity index (χ0v) is 14.7. The number of esters is 1. The van der Waals surface area contributed by atoms with E-state index in [4.69, 9.17) is 19.9 Å². The molecule has 8 nitrogen and oxygen atoms in total. The number of primary amides is 1. The lowest BCUT2D eigenvalue weighted by molar-refractivity contribution is -0.156. The van der Waals surface area contributed by atoms with Gasteiger partial charge in [-0.05, 0) is 36.8 Å². The Hall–Kier alpha value is -3.55. The Kier molecular flexibility index (Phi) is 7.18. The summed E-state index contributed by atoms with van der Waals surface area (Å²) in [4.78, 5) is 33.7. The minimum atomic E-state index is -1.16. The number of nitrogens with one attached hydrogen (secondary N) is 1. The molecule has 27 heavy (non-hydrogen) atoms. The van der Waals surface area contributed by atoms with Crippen LogP contribution in [0.15, 0.2) is 54.6 Å². The average molecular weight is 372 g/mol. The quantitative estimate of drug-likeness (QED) is 0.682. The zero-order valence-electron chi connectivity index (χ0n) is 14.7. The highest BCUT2D eigenvalue weighted by Gasteiger charge is 2.19. The molecule has 2 aromatic rings. The van der Waals surface area contributed by atoms with Crippen molar-refractivity contribution in [1.82, 2.24) is 5.32 Å². The van der Waals surface area contributed by atoms with Gasteiger partial charge in [0.25, 0.3) is 5.91 Å². The average Bonchev–Trinajstić information content (AvgIpc) is 2.66. The first-order valence-corrected chi connectivity index (χ1v) is 8.13. The van der Waals surface area contributed by atoms with Crippen molar-refractivity contribution < 1.29 is 28.6 Å². The summed E-state index contributed by atoms with van der Waals surface area (Å²) in [6.07, 6.45) is -1.16. The Morgan fingerprint density at radius 2 is 1.56 bits per heavy atom. The summed E-state index contributed by atoms with van der Waals surface area (Å²) in [5, 5.41) is 1.82. The van der Waals surface area contributed by atoms with Crippen molar-refractivity contribution in [3.63, 3.8) is 0 Å². The van der Waals surface area contributed by atoms with E-state index in [-0.39, 0.29) is 0 Å². The van der Waals surface area contributed by atoms with Crippen molar-refractivity contribution in [3.05, 3.63) is 60.2 Å². The number of ether oxygens (including phenoxy) is 3. The summed E-state index contributed by atoms with van der Waals surface area (Å²) in [6.45, 7) is 1.37. The van der Waals surface area contributed by atoms with Gasteiger partial charge in [-0.25, -0.2) is 9.59 Å². The molecule has 0 aliphatic carbocycles. The Bertz CT molecular complexity index is 777. The maximum atomic E-state index is 11.7. The number of amides is 3. The summed E-state index contributed by atoms with van der Waals surface area (Å²) in [5.41, 5.74) is 5.87. The fourth-order valence-corrected chi connectivity index (χ4v) is 2.02. The second-order valence-electron chi connectivity index (χ2n) is 5.52. The summed E-state index contributed by atoms with van der Waals surface area (Å²) < 4.78 is 15.8. The number of carbonyl (C=O) groups excluding carboxylic acids is 3. The fourth-order valence-electron chi connectivity index (χ4n) is 2.02. The number of urea groups is 1. The molecule has 0 spiro atoms. The fraction of sp³-hybridized carbons (Fsp3) is 0.211. The molecule has 142 valence electrons. The summed E-state index contributed by atoms with van der Waals surface area (Å²) in [7, 11) is 0. The Labute approximate surface area is 156 Å². The summed E-state index contributed by atoms with van der Waals surface area (Å²) in [5.74, 6) is -0.471. The van der Waals surface area contributed by atoms with Crippen molar-refractivity contribution in [1.29, 1.82) is 0 Å². The van der Waals surface area contributed by atoms with Gasteiger partial charge >= 0.3 is 12.0 Å². The van der Waals surface area contributed by atoms with E-state index in [2.05, 4.69) is 0 Å². The first-order chi connectivity index (χ1) is 12.9. The van der Waals surface area contributed by atoms with Crippen LogP contribution in [0.3, 0.4) is 0 Å². The van der Waals surface area contributed by atoms with Gasteiger partial charge in [-0.3, -0.25) is 10.1 Å². The molecule has 0 aliphatic rings. The number of imide groups is 1. The molecule has 0 bridgehead atoms. The van der Waals surface area contributed by atoms with Gasteiger partial charge in [0.15, 0.2) is 12.7 Å². The number of carbonyl (C=O) groups is 3. The van der Waals surface area contributed by atoms with Gasteiger partial charge in [0.1, 0.15) is 18.1 Å². The van der Waals surface area contributed by atoms with Gasteiger partial charge in [-0.1, -0.05) is 30.3 Å². The topological polar surface area (TPSA) is 117 Å². The molecular formula is C19H20N2O6. The standard InChI is InChI=1S/C19H20N2O6/c1-13(18(23)21-19(20)24)27-17(22)12-26-16-9-7-15(8-10-16)25-11-14-5-3-2-4-6-14/h2-10,13H,11-12H2,1H3,(H3,20,21,23,24)/t13-/m1/s1. The third-order valence-corrected chi connectivity index (χ3v) is 3.35. The van der Waals surface area contributed by atoms with E-state index in [1.165, 1.54) is 6.92 Å². The molecule has 3 N–H and O–H groups in total. The van der Waals surface area contributed by atoms with Crippen LogP contribution < -0.4 is 20.5 Å². The largest absolute Gasteiger partial charge is 0.489 e. The maximum Gasteiger partial charge on any atom is 0.344 e. The molecule has 0 heterocycles. The Morgan fingerprint density at radius 1 is 0.963 bits per heavy atom. The van der Waals surface area contributed by atoms with E-state index in [9.17, 15) is 14.4 Å². The van der Waals surface area contributed by atoms with Crippen LogP contribution >= 0.6 is 0 Å². The molecule has 0 radical (unpaired) electrons. The van der Waals surface area contributed by atoms with Gasteiger partial charge in [-0.2, -0.15) is 0 Å². The molecule has 0 aliphatic heterocycles. The van der Waals surface area contributed by atoms with Crippen LogP contribution in [0.25, 0.3) is 0 Å². The van der Waals surface area contributed by atoms with Crippen LogP contribution in [-0.2, 0) is 20.9 Å². The van der Waals surface area contributed by atoms with Crippen LogP contribution in [0.5, 0.6) is 11.5 Å². The molecule has 0 unspecified atom stereocenters. The smallest absolute Gasteiger partial charge is 0.344 e. The van der Waals surface area contributed by atoms with Crippen molar-refractivity contribution in [2.45, 2.75) is 19.6 Å². The summed E-state index contributed by atoms with van der Waals surface area (Å²) in [6, 6.07) is 15.5. The van der Waals surface area contributed by atoms with Crippen molar-refractivity contribution in [3.8, 4) is 11.5 Å². The minimum Gasteiger partial charge on any atom is -0.489 e. The van der Waals surface area contributed by atoms with E-state index in [0.29, 0.717) is 18.1 Å². The van der Waals surface area contributed by atoms with Crippen molar-refractivity contribution in [2.24, 2.45) is 5.73 Å². The van der Waals surface area contributed by atoms with Gasteiger partial charge < -0.3 is 19.9 Å². The lowest BCUT2D eigenvalue weighted by Gasteiger charge is -2.12. The van der Waals surface area contributed by atoms with E-state index in [1.807, 2.05) is 35.6 Å². The third kappa shape index (κ3) is 7.07. The molecule has 0 aromatic heterocycles. The van der Waals surface area contributed by atoms with Crippen molar-refractivity contribution >= 4 is 17.9 Å². The first kappa shape index (κ1) is 19.8. The van der Waals surface area contributed by atoms with Gasteiger partial charge in [0.05, 0.1) is 0 Å². The highest BCUT2D eigenvalue weighted by Crippen LogP contribution is 2.18. The lowest BCUT2D eigenvalue weighted by Crippen LogP contribution is -2.42. The molecule has 2 rings (SSSR count). The SMILES string of the molecule is C[C@@H](OC(=O)COc1ccc(OCc2ccccc2)cc1)C(=O)NC(N)=O. The molecule has 1 atom stereocenters. The number of benzene rings is 2. The molecule has 0 saturated heterocycles. The number of hydrogen-bond donors (Lipinski definition) is 2. The summed E-state index contributed by atoms with van der Waals surface area (Å²) >= 11 is 0. The molecule has 0 fully saturated rings. The monoisotopic (exact) mass is 372 g/mol. The number of nitrogens with two attached hydrogens (primary N) is 1. The predicted octanol–water partition coefficient (Wildman–Crippen LogP) is 1.77. The van der Waals surface area contributed by atoms with Crippen LogP contribution in [0.2, 0.25) is 0 Å². The van der Waals surface area contributed by atoms with E-state index < -0.39 is 30.6 Å². The van der Waals surface area contributed by atoms with Gasteiger partial charge in [0.2, 0.25) is 0 Å². The first-order valence-electron chi connectivity index (χ1n) is 8.13. The van der Waals surface area contributed by atoms with E-state index in [0.717, 1.165) is 5.56 Å². The molecule has 8 heteroatoms. The second-order valence-corrected chi connectivity index (χ2v) is 5.52. The third-order valence-electron chi connectivity index (χ3n) is 3.35. The number of rotatable bonds is 8. The maximum absolute atomic E-state index is 11.7. The van der Waals surface area contributed by atoms with Crippen molar-refractivity contribution in [2.75, 3.05) is 6.61 Å². The highest BCUT2D eigenvalue weighted by atomic mass is 16.6. The molecular weight excluding hydrogens is 352 g/mol. The van der Waals surface area contributed by atoms with Crippen LogP contribution in [0, 0.1) is 0 Å². The van der Waals surface area contributed by atoms with Gasteiger partial charge in [0, 0.05) is 0 Å². The molecule has 0 saturated carbocycles. The lowest BCUT2D eigenvalue weighted by atomic mass is 10.2. The predicted molar refractivity (Wildman–Crippen MR) is 96.0 cm³/mol. The Balaban J connectivity index is 1.75. The van der Waals surface area contributed by atoms with Crippen LogP contribution in [0.1, 0.15) is 12.5 Å². The van der Waals surface area contributed by atoms with E-state index >= 15 is 0 Å². The molecule has 3 amide bonds. The molecule has 2 aromatic carbocycles. The van der Waals surface area contributed by atoms with E-state index in [1.54, 1.807) is 24.3 Å². The van der Waals surface area contributed by atoms with Crippen LogP contribution in [0.4, 0.5) is 4.79 Å². The normalized spacial score (nSPS) is 11.1. The highest BCUT2D eigenvalue weighted by molar-refractivity contribution is 5.96. The minimum absolute atomic E-state index is 0.390. The second kappa shape index (κ2) is 9.81. The zero-order chi connectivity index (χ0) is 19.6.